The molecular weight excluding hydrogens is 278 g/mol. The Morgan fingerprint density at radius 1 is 0.696 bits per heavy atom. The summed E-state index contributed by atoms with van der Waals surface area (Å²) >= 11 is 0. The molecule has 1 aliphatic rings. The molecule has 0 radical (unpaired) electrons. The molecule has 0 saturated heterocycles. The summed E-state index contributed by atoms with van der Waals surface area (Å²) in [5.74, 6) is 0. The lowest BCUT2D eigenvalue weighted by molar-refractivity contribution is 1.26. The molecule has 0 unspecified atom stereocenters. The summed E-state index contributed by atoms with van der Waals surface area (Å²) in [7, 11) is 0. The molecule has 0 aliphatic heterocycles. The van der Waals surface area contributed by atoms with Crippen molar-refractivity contribution in [3.63, 3.8) is 0 Å². The lowest BCUT2D eigenvalue weighted by atomic mass is 9.95. The van der Waals surface area contributed by atoms with Gasteiger partial charge < -0.3 is 0 Å². The second-order valence-corrected chi connectivity index (χ2v) is 6.08. The van der Waals surface area contributed by atoms with Crippen molar-refractivity contribution in [2.75, 3.05) is 0 Å². The maximum Gasteiger partial charge on any atom is 0.0702 e. The van der Waals surface area contributed by atoms with E-state index in [4.69, 9.17) is 0 Å². The van der Waals surface area contributed by atoms with E-state index in [1.807, 2.05) is 12.3 Å². The topological polar surface area (TPSA) is 12.9 Å². The van der Waals surface area contributed by atoms with Gasteiger partial charge in [0.1, 0.15) is 0 Å². The monoisotopic (exact) mass is 293 g/mol. The predicted molar refractivity (Wildman–Crippen MR) is 95.4 cm³/mol. The molecule has 1 aliphatic carbocycles. The highest BCUT2D eigenvalue weighted by atomic mass is 14.6. The fourth-order valence-corrected chi connectivity index (χ4v) is 3.67. The summed E-state index contributed by atoms with van der Waals surface area (Å²) in [5, 5.41) is 1.19. The van der Waals surface area contributed by atoms with E-state index in [1.165, 1.54) is 38.8 Å². The number of benzene rings is 3. The van der Waals surface area contributed by atoms with Gasteiger partial charge in [0.2, 0.25) is 0 Å². The average molecular weight is 293 g/mol. The van der Waals surface area contributed by atoms with E-state index < -0.39 is 0 Å². The SMILES string of the molecule is c1ccc2c(c1)Cc1c(-c3ccc4ncccc4c3)cccc1-2. The third kappa shape index (κ3) is 1.90. The second kappa shape index (κ2) is 4.79. The number of fused-ring (bicyclic) bond motifs is 4. The van der Waals surface area contributed by atoms with Crippen LogP contribution in [0.2, 0.25) is 0 Å². The van der Waals surface area contributed by atoms with E-state index in [9.17, 15) is 0 Å². The smallest absolute Gasteiger partial charge is 0.0702 e. The van der Waals surface area contributed by atoms with Gasteiger partial charge in [-0.15, -0.1) is 0 Å². The third-order valence-corrected chi connectivity index (χ3v) is 4.76. The summed E-state index contributed by atoms with van der Waals surface area (Å²) in [5.41, 5.74) is 9.29. The van der Waals surface area contributed by atoms with E-state index in [0.717, 1.165) is 11.9 Å². The molecule has 0 spiro atoms. The molecule has 0 bridgehead atoms. The van der Waals surface area contributed by atoms with E-state index in [1.54, 1.807) is 0 Å². The molecule has 0 fully saturated rings. The Bertz CT molecular complexity index is 1050. The molecule has 4 aromatic rings. The molecule has 1 nitrogen and oxygen atoms in total. The Morgan fingerprint density at radius 2 is 1.57 bits per heavy atom. The van der Waals surface area contributed by atoms with Crippen molar-refractivity contribution in [3.8, 4) is 22.3 Å². The summed E-state index contributed by atoms with van der Waals surface area (Å²) in [6.45, 7) is 0. The maximum absolute atomic E-state index is 4.42. The van der Waals surface area contributed by atoms with Gasteiger partial charge in [0, 0.05) is 11.6 Å². The van der Waals surface area contributed by atoms with Crippen LogP contribution in [0.3, 0.4) is 0 Å². The molecule has 0 atom stereocenters. The molecule has 1 heterocycles. The average Bonchev–Trinajstić information content (AvgIpc) is 3.00. The van der Waals surface area contributed by atoms with Gasteiger partial charge in [-0.2, -0.15) is 0 Å². The lowest BCUT2D eigenvalue weighted by Gasteiger charge is -2.10. The van der Waals surface area contributed by atoms with Crippen LogP contribution in [0.25, 0.3) is 33.2 Å². The van der Waals surface area contributed by atoms with Gasteiger partial charge in [-0.25, -0.2) is 0 Å². The minimum absolute atomic E-state index is 1.02. The fourth-order valence-electron chi connectivity index (χ4n) is 3.67. The first-order chi connectivity index (χ1) is 11.4. The molecule has 23 heavy (non-hydrogen) atoms. The van der Waals surface area contributed by atoms with Crippen LogP contribution >= 0.6 is 0 Å². The number of rotatable bonds is 1. The van der Waals surface area contributed by atoms with Crippen LogP contribution in [0.1, 0.15) is 11.1 Å². The second-order valence-electron chi connectivity index (χ2n) is 6.08. The Kier molecular flexibility index (Phi) is 2.62. The number of hydrogen-bond acceptors (Lipinski definition) is 1. The van der Waals surface area contributed by atoms with Gasteiger partial charge in [0.05, 0.1) is 5.52 Å². The van der Waals surface area contributed by atoms with Crippen LogP contribution in [0.15, 0.2) is 79.0 Å². The summed E-state index contributed by atoms with van der Waals surface area (Å²) in [6.07, 6.45) is 2.87. The Morgan fingerprint density at radius 3 is 2.57 bits per heavy atom. The zero-order valence-electron chi connectivity index (χ0n) is 12.7. The highest BCUT2D eigenvalue weighted by Crippen LogP contribution is 2.41. The summed E-state index contributed by atoms with van der Waals surface area (Å²) in [6, 6.07) is 26.1. The third-order valence-electron chi connectivity index (χ3n) is 4.76. The van der Waals surface area contributed by atoms with Crippen LogP contribution in [-0.2, 0) is 6.42 Å². The molecule has 0 amide bonds. The zero-order valence-corrected chi connectivity index (χ0v) is 12.7. The highest BCUT2D eigenvalue weighted by Gasteiger charge is 2.20. The van der Waals surface area contributed by atoms with Gasteiger partial charge in [-0.3, -0.25) is 4.98 Å². The molecule has 1 aromatic heterocycles. The van der Waals surface area contributed by atoms with Gasteiger partial charge in [0.15, 0.2) is 0 Å². The summed E-state index contributed by atoms with van der Waals surface area (Å²) < 4.78 is 0. The van der Waals surface area contributed by atoms with Gasteiger partial charge in [0.25, 0.3) is 0 Å². The van der Waals surface area contributed by atoms with E-state index >= 15 is 0 Å². The molecule has 0 N–H and O–H groups in total. The first-order valence-electron chi connectivity index (χ1n) is 7.95. The minimum Gasteiger partial charge on any atom is -0.256 e. The van der Waals surface area contributed by atoms with Crippen molar-refractivity contribution in [1.82, 2.24) is 4.98 Å². The molecule has 5 rings (SSSR count). The first kappa shape index (κ1) is 12.6. The Balaban J connectivity index is 1.73. The van der Waals surface area contributed by atoms with Crippen molar-refractivity contribution in [2.24, 2.45) is 0 Å². The molecule has 1 heteroatoms. The van der Waals surface area contributed by atoms with Crippen LogP contribution in [0, 0.1) is 0 Å². The van der Waals surface area contributed by atoms with Crippen molar-refractivity contribution in [3.05, 3.63) is 90.1 Å². The summed E-state index contributed by atoms with van der Waals surface area (Å²) in [4.78, 5) is 4.42. The van der Waals surface area contributed by atoms with Crippen molar-refractivity contribution >= 4 is 10.9 Å². The largest absolute Gasteiger partial charge is 0.256 e. The zero-order chi connectivity index (χ0) is 15.2. The number of hydrogen-bond donors (Lipinski definition) is 0. The van der Waals surface area contributed by atoms with Crippen LogP contribution in [0.5, 0.6) is 0 Å². The molecule has 108 valence electrons. The Labute approximate surface area is 135 Å². The maximum atomic E-state index is 4.42. The van der Waals surface area contributed by atoms with E-state index in [2.05, 4.69) is 71.7 Å². The van der Waals surface area contributed by atoms with Crippen molar-refractivity contribution < 1.29 is 0 Å². The van der Waals surface area contributed by atoms with E-state index in [-0.39, 0.29) is 0 Å². The number of aromatic nitrogens is 1. The normalized spacial score (nSPS) is 12.2. The van der Waals surface area contributed by atoms with Crippen LogP contribution in [0.4, 0.5) is 0 Å². The van der Waals surface area contributed by atoms with Crippen LogP contribution < -0.4 is 0 Å². The van der Waals surface area contributed by atoms with Gasteiger partial charge in [-0.05, 0) is 58.0 Å². The number of nitrogens with zero attached hydrogens (tertiary/aromatic N) is 1. The predicted octanol–water partition coefficient (Wildman–Crippen LogP) is 5.47. The van der Waals surface area contributed by atoms with Crippen molar-refractivity contribution in [1.29, 1.82) is 0 Å². The first-order valence-corrected chi connectivity index (χ1v) is 7.95. The quantitative estimate of drug-likeness (QED) is 0.399. The molecule has 3 aromatic carbocycles. The van der Waals surface area contributed by atoms with Gasteiger partial charge >= 0.3 is 0 Å². The standard InChI is InChI=1S/C22H15N/c1-2-7-18-15(5-1)14-21-19(8-3-9-20(18)21)16-10-11-22-17(13-16)6-4-12-23-22/h1-13H,14H2. The Hall–Kier alpha value is -2.93. The number of pyridine rings is 1. The highest BCUT2D eigenvalue weighted by molar-refractivity contribution is 5.89. The van der Waals surface area contributed by atoms with E-state index in [0.29, 0.717) is 0 Å². The van der Waals surface area contributed by atoms with Crippen LogP contribution in [-0.4, -0.2) is 4.98 Å². The van der Waals surface area contributed by atoms with Crippen molar-refractivity contribution in [2.45, 2.75) is 6.42 Å². The molecular formula is C22H15N. The lowest BCUT2D eigenvalue weighted by Crippen LogP contribution is -1.88. The minimum atomic E-state index is 1.02. The van der Waals surface area contributed by atoms with Gasteiger partial charge in [-0.1, -0.05) is 54.6 Å². The fraction of sp³-hybridized carbons (Fsp3) is 0.0455. The molecule has 0 saturated carbocycles.